The summed E-state index contributed by atoms with van der Waals surface area (Å²) >= 11 is 0. The predicted octanol–water partition coefficient (Wildman–Crippen LogP) is 2.51. The number of aliphatic hydroxyl groups is 1. The Labute approximate surface area is 127 Å². The van der Waals surface area contributed by atoms with Crippen molar-refractivity contribution in [2.45, 2.75) is 51.5 Å². The van der Waals surface area contributed by atoms with Crippen LogP contribution in [0.4, 0.5) is 0 Å². The molecule has 2 rings (SSSR count). The molecule has 0 amide bonds. The summed E-state index contributed by atoms with van der Waals surface area (Å²) in [7, 11) is -3.51. The lowest BCUT2D eigenvalue weighted by molar-refractivity contribution is 0.281. The Hall–Kier alpha value is -0.910. The molecule has 118 valence electrons. The van der Waals surface area contributed by atoms with Crippen LogP contribution in [0.1, 0.15) is 42.9 Å². The van der Waals surface area contributed by atoms with Gasteiger partial charge in [0.25, 0.3) is 0 Å². The molecule has 0 bridgehead atoms. The third-order valence-electron chi connectivity index (χ3n) is 4.52. The Morgan fingerprint density at radius 3 is 2.57 bits per heavy atom. The van der Waals surface area contributed by atoms with Gasteiger partial charge >= 0.3 is 0 Å². The molecule has 0 spiro atoms. The predicted molar refractivity (Wildman–Crippen MR) is 83.5 cm³/mol. The van der Waals surface area contributed by atoms with Crippen molar-refractivity contribution in [3.63, 3.8) is 0 Å². The van der Waals surface area contributed by atoms with Gasteiger partial charge in [0.1, 0.15) is 0 Å². The second-order valence-corrected chi connectivity index (χ2v) is 8.07. The van der Waals surface area contributed by atoms with Gasteiger partial charge in [-0.05, 0) is 61.3 Å². The quantitative estimate of drug-likeness (QED) is 0.878. The lowest BCUT2D eigenvalue weighted by atomic mass is 10.1. The first kappa shape index (κ1) is 16.5. The van der Waals surface area contributed by atoms with Gasteiger partial charge < -0.3 is 5.11 Å². The van der Waals surface area contributed by atoms with E-state index in [0.29, 0.717) is 23.9 Å². The SMILES string of the molecule is Cc1cc(CO)cc(S(=O)(=O)NCC2CCC(C)C2)c1C. The van der Waals surface area contributed by atoms with Crippen LogP contribution in [0.25, 0.3) is 0 Å². The van der Waals surface area contributed by atoms with Crippen LogP contribution in [0.5, 0.6) is 0 Å². The molecule has 1 aliphatic carbocycles. The topological polar surface area (TPSA) is 66.4 Å². The number of benzene rings is 1. The molecule has 1 aromatic carbocycles. The van der Waals surface area contributed by atoms with Crippen molar-refractivity contribution in [2.24, 2.45) is 11.8 Å². The summed E-state index contributed by atoms with van der Waals surface area (Å²) in [4.78, 5) is 0.289. The van der Waals surface area contributed by atoms with Gasteiger partial charge in [-0.25, -0.2) is 13.1 Å². The second kappa shape index (κ2) is 6.46. The van der Waals surface area contributed by atoms with Gasteiger partial charge in [-0.3, -0.25) is 0 Å². The lowest BCUT2D eigenvalue weighted by Crippen LogP contribution is -2.29. The van der Waals surface area contributed by atoms with Crippen molar-refractivity contribution in [3.8, 4) is 0 Å². The van der Waals surface area contributed by atoms with Gasteiger partial charge in [0.15, 0.2) is 0 Å². The number of sulfonamides is 1. The number of aliphatic hydroxyl groups excluding tert-OH is 1. The zero-order chi connectivity index (χ0) is 15.6. The van der Waals surface area contributed by atoms with Crippen molar-refractivity contribution in [3.05, 3.63) is 28.8 Å². The van der Waals surface area contributed by atoms with Crippen LogP contribution in [0.2, 0.25) is 0 Å². The molecule has 1 aromatic rings. The molecule has 5 heteroatoms. The van der Waals surface area contributed by atoms with Gasteiger partial charge in [0, 0.05) is 6.54 Å². The van der Waals surface area contributed by atoms with Crippen LogP contribution in [-0.4, -0.2) is 20.1 Å². The van der Waals surface area contributed by atoms with E-state index in [-0.39, 0.29) is 11.5 Å². The molecule has 1 fully saturated rings. The standard InChI is InChI=1S/C16H25NO3S/c1-11-4-5-14(6-11)9-17-21(19,20)16-8-15(10-18)7-12(2)13(16)3/h7-8,11,14,17-18H,4-6,9-10H2,1-3H3. The molecule has 2 N–H and O–H groups in total. The Bertz CT molecular complexity index is 610. The first-order valence-electron chi connectivity index (χ1n) is 7.54. The summed E-state index contributed by atoms with van der Waals surface area (Å²) in [5.41, 5.74) is 2.27. The van der Waals surface area contributed by atoms with Crippen LogP contribution >= 0.6 is 0 Å². The molecule has 21 heavy (non-hydrogen) atoms. The average Bonchev–Trinajstić information content (AvgIpc) is 2.85. The minimum absolute atomic E-state index is 0.149. The number of aryl methyl sites for hydroxylation is 1. The monoisotopic (exact) mass is 311 g/mol. The summed E-state index contributed by atoms with van der Waals surface area (Å²) in [6.45, 7) is 6.25. The van der Waals surface area contributed by atoms with Gasteiger partial charge in [0.2, 0.25) is 10.0 Å². The minimum Gasteiger partial charge on any atom is -0.392 e. The highest BCUT2D eigenvalue weighted by Crippen LogP contribution is 2.30. The number of hydrogen-bond donors (Lipinski definition) is 2. The Morgan fingerprint density at radius 1 is 1.29 bits per heavy atom. The number of hydrogen-bond acceptors (Lipinski definition) is 3. The molecule has 0 aliphatic heterocycles. The van der Waals surface area contributed by atoms with Crippen LogP contribution in [-0.2, 0) is 16.6 Å². The largest absolute Gasteiger partial charge is 0.392 e. The molecule has 2 unspecified atom stereocenters. The number of rotatable bonds is 5. The van der Waals surface area contributed by atoms with Crippen molar-refractivity contribution in [1.82, 2.24) is 4.72 Å². The fraction of sp³-hybridized carbons (Fsp3) is 0.625. The Balaban J connectivity index is 2.17. The van der Waals surface area contributed by atoms with Gasteiger partial charge in [-0.2, -0.15) is 0 Å². The van der Waals surface area contributed by atoms with Crippen LogP contribution < -0.4 is 4.72 Å². The highest BCUT2D eigenvalue weighted by molar-refractivity contribution is 7.89. The number of nitrogens with one attached hydrogen (secondary N) is 1. The molecule has 0 radical (unpaired) electrons. The average molecular weight is 311 g/mol. The molecule has 0 aromatic heterocycles. The van der Waals surface area contributed by atoms with E-state index in [2.05, 4.69) is 11.6 Å². The van der Waals surface area contributed by atoms with Crippen LogP contribution in [0.3, 0.4) is 0 Å². The maximum Gasteiger partial charge on any atom is 0.240 e. The normalized spacial score (nSPS) is 22.7. The Kier molecular flexibility index (Phi) is 5.07. The van der Waals surface area contributed by atoms with E-state index >= 15 is 0 Å². The van der Waals surface area contributed by atoms with E-state index in [9.17, 15) is 13.5 Å². The molecule has 4 nitrogen and oxygen atoms in total. The zero-order valence-electron chi connectivity index (χ0n) is 13.0. The van der Waals surface area contributed by atoms with Crippen LogP contribution in [0.15, 0.2) is 17.0 Å². The Morgan fingerprint density at radius 2 is 2.00 bits per heavy atom. The van der Waals surface area contributed by atoms with E-state index in [1.165, 1.54) is 6.42 Å². The summed E-state index contributed by atoms with van der Waals surface area (Å²) in [6, 6.07) is 3.40. The summed E-state index contributed by atoms with van der Waals surface area (Å²) in [6.07, 6.45) is 3.38. The summed E-state index contributed by atoms with van der Waals surface area (Å²) < 4.78 is 27.8. The van der Waals surface area contributed by atoms with E-state index in [1.54, 1.807) is 6.07 Å². The summed E-state index contributed by atoms with van der Waals surface area (Å²) in [5.74, 6) is 1.14. The van der Waals surface area contributed by atoms with Gasteiger partial charge in [0.05, 0.1) is 11.5 Å². The molecular formula is C16H25NO3S. The fourth-order valence-corrected chi connectivity index (χ4v) is 4.57. The first-order chi connectivity index (χ1) is 9.83. The molecule has 1 aliphatic rings. The smallest absolute Gasteiger partial charge is 0.240 e. The van der Waals surface area contributed by atoms with Crippen LogP contribution in [0, 0.1) is 25.7 Å². The molecule has 0 saturated heterocycles. The molecule has 1 saturated carbocycles. The third kappa shape index (κ3) is 3.84. The minimum atomic E-state index is -3.51. The maximum absolute atomic E-state index is 12.5. The summed E-state index contributed by atoms with van der Waals surface area (Å²) in [5, 5.41) is 9.26. The molecule has 2 atom stereocenters. The van der Waals surface area contributed by atoms with E-state index in [4.69, 9.17) is 0 Å². The first-order valence-corrected chi connectivity index (χ1v) is 9.02. The second-order valence-electron chi connectivity index (χ2n) is 6.33. The third-order valence-corrected chi connectivity index (χ3v) is 6.07. The van der Waals surface area contributed by atoms with E-state index in [0.717, 1.165) is 24.0 Å². The highest BCUT2D eigenvalue weighted by atomic mass is 32.2. The van der Waals surface area contributed by atoms with E-state index < -0.39 is 10.0 Å². The highest BCUT2D eigenvalue weighted by Gasteiger charge is 2.24. The molecular weight excluding hydrogens is 286 g/mol. The molecule has 0 heterocycles. The van der Waals surface area contributed by atoms with Gasteiger partial charge in [-0.1, -0.05) is 19.4 Å². The fourth-order valence-electron chi connectivity index (χ4n) is 3.09. The van der Waals surface area contributed by atoms with Crippen molar-refractivity contribution >= 4 is 10.0 Å². The van der Waals surface area contributed by atoms with Crippen molar-refractivity contribution in [1.29, 1.82) is 0 Å². The lowest BCUT2D eigenvalue weighted by Gasteiger charge is -2.15. The van der Waals surface area contributed by atoms with Crippen molar-refractivity contribution in [2.75, 3.05) is 6.54 Å². The van der Waals surface area contributed by atoms with E-state index in [1.807, 2.05) is 19.9 Å². The van der Waals surface area contributed by atoms with Crippen molar-refractivity contribution < 1.29 is 13.5 Å². The zero-order valence-corrected chi connectivity index (χ0v) is 13.8. The van der Waals surface area contributed by atoms with Gasteiger partial charge in [-0.15, -0.1) is 0 Å². The maximum atomic E-state index is 12.5.